The molecule has 0 spiro atoms. The smallest absolute Gasteiger partial charge is 0.475 e. The highest BCUT2D eigenvalue weighted by atomic mass is 19.4. The van der Waals surface area contributed by atoms with E-state index in [1.54, 1.807) is 17.0 Å². The fourth-order valence-corrected chi connectivity index (χ4v) is 3.22. The summed E-state index contributed by atoms with van der Waals surface area (Å²) >= 11 is 0. The first-order valence-electron chi connectivity index (χ1n) is 12.4. The second-order valence-corrected chi connectivity index (χ2v) is 9.35. The number of aliphatic carboxylic acids is 1. The molecule has 14 nitrogen and oxygen atoms in total. The number of amides is 1. The van der Waals surface area contributed by atoms with Gasteiger partial charge in [-0.15, -0.1) is 0 Å². The molecular weight excluding hydrogens is 555 g/mol. The molecule has 1 atom stereocenters. The van der Waals surface area contributed by atoms with Gasteiger partial charge in [-0.2, -0.15) is 18.4 Å². The highest BCUT2D eigenvalue weighted by Gasteiger charge is 2.38. The second kappa shape index (κ2) is 17.8. The summed E-state index contributed by atoms with van der Waals surface area (Å²) in [6, 6.07) is 5.47. The molecule has 1 N–H and O–H groups in total. The molecule has 1 aromatic heterocycles. The number of alkyl halides is 3. The number of pyridine rings is 1. The molecule has 0 aliphatic carbocycles. The van der Waals surface area contributed by atoms with E-state index in [0.29, 0.717) is 71.4 Å². The molecule has 0 radical (unpaired) electrons. The fraction of sp³-hybridized carbons (Fsp3) is 0.667. The number of carboxylic acid groups (broad SMARTS) is 1. The number of rotatable bonds is 12. The zero-order chi connectivity index (χ0) is 30.9. The Kier molecular flexibility index (Phi) is 15.2. The molecule has 2 heterocycles. The fourth-order valence-electron chi connectivity index (χ4n) is 3.22. The number of carboxylic acids is 1. The monoisotopic (exact) mass is 589 g/mol. The van der Waals surface area contributed by atoms with Gasteiger partial charge < -0.3 is 33.9 Å². The summed E-state index contributed by atoms with van der Waals surface area (Å²) in [7, 11) is 0. The van der Waals surface area contributed by atoms with Crippen LogP contribution in [-0.2, 0) is 23.7 Å². The lowest BCUT2D eigenvalue weighted by atomic mass is 10.1. The Morgan fingerprint density at radius 1 is 1.15 bits per heavy atom. The number of carbonyl (C=O) groups is 2. The van der Waals surface area contributed by atoms with Gasteiger partial charge in [-0.1, -0.05) is 5.11 Å². The minimum absolute atomic E-state index is 0.134. The number of aromatic nitrogens is 1. The van der Waals surface area contributed by atoms with E-state index in [0.717, 1.165) is 5.82 Å². The molecule has 1 unspecified atom stereocenters. The van der Waals surface area contributed by atoms with Crippen LogP contribution in [0.3, 0.4) is 0 Å². The zero-order valence-electron chi connectivity index (χ0n) is 23.0. The maximum absolute atomic E-state index is 12.6. The van der Waals surface area contributed by atoms with E-state index in [1.165, 1.54) is 6.20 Å². The van der Waals surface area contributed by atoms with Crippen LogP contribution in [0.25, 0.3) is 10.4 Å². The molecule has 17 heteroatoms. The maximum Gasteiger partial charge on any atom is 0.490 e. The van der Waals surface area contributed by atoms with Gasteiger partial charge in [-0.3, -0.25) is 0 Å². The van der Waals surface area contributed by atoms with Crippen molar-refractivity contribution in [3.8, 4) is 6.07 Å². The normalized spacial score (nSPS) is 15.2. The van der Waals surface area contributed by atoms with Crippen LogP contribution in [0.5, 0.6) is 0 Å². The lowest BCUT2D eigenvalue weighted by molar-refractivity contribution is -0.192. The van der Waals surface area contributed by atoms with Gasteiger partial charge in [0.15, 0.2) is 0 Å². The lowest BCUT2D eigenvalue weighted by Gasteiger charge is -2.42. The van der Waals surface area contributed by atoms with Crippen LogP contribution < -0.4 is 4.90 Å². The molecule has 1 saturated heterocycles. The molecule has 1 aliphatic rings. The largest absolute Gasteiger partial charge is 0.490 e. The Balaban J connectivity index is 0.00000106. The Labute approximate surface area is 235 Å². The number of nitriles is 1. The summed E-state index contributed by atoms with van der Waals surface area (Å²) in [6.45, 7) is 9.65. The molecule has 0 aromatic carbocycles. The third kappa shape index (κ3) is 14.9. The summed E-state index contributed by atoms with van der Waals surface area (Å²) < 4.78 is 53.9. The average molecular weight is 590 g/mol. The number of halogens is 3. The minimum Gasteiger partial charge on any atom is -0.475 e. The van der Waals surface area contributed by atoms with E-state index < -0.39 is 17.7 Å². The quantitative estimate of drug-likeness (QED) is 0.164. The first-order chi connectivity index (χ1) is 19.3. The van der Waals surface area contributed by atoms with E-state index in [4.69, 9.17) is 39.6 Å². The van der Waals surface area contributed by atoms with Crippen molar-refractivity contribution in [2.75, 3.05) is 70.7 Å². The summed E-state index contributed by atoms with van der Waals surface area (Å²) in [6.07, 6.45) is -3.90. The van der Waals surface area contributed by atoms with Gasteiger partial charge in [0.2, 0.25) is 0 Å². The van der Waals surface area contributed by atoms with Crippen LogP contribution in [0, 0.1) is 11.3 Å². The van der Waals surface area contributed by atoms with Gasteiger partial charge >= 0.3 is 18.2 Å². The highest BCUT2D eigenvalue weighted by molar-refractivity contribution is 5.73. The third-order valence-corrected chi connectivity index (χ3v) is 5.00. The number of hydrogen-bond acceptors (Lipinski definition) is 10. The molecule has 0 bridgehead atoms. The van der Waals surface area contributed by atoms with Crippen molar-refractivity contribution in [2.24, 2.45) is 5.11 Å². The minimum atomic E-state index is -5.08. The summed E-state index contributed by atoms with van der Waals surface area (Å²) in [4.78, 5) is 32.3. The molecule has 2 rings (SSSR count). The molecular formula is C24H34F3N7O7. The SMILES string of the molecule is CC(C)(C)OC(=O)N1CCN(c2ccc(C#N)cn2)C(COCCOCCOCCN=[N+]=[N-])C1.O=C(O)C(F)(F)F. The van der Waals surface area contributed by atoms with E-state index in [2.05, 4.69) is 26.0 Å². The summed E-state index contributed by atoms with van der Waals surface area (Å²) in [5.74, 6) is -2.03. The van der Waals surface area contributed by atoms with Crippen molar-refractivity contribution in [1.29, 1.82) is 5.26 Å². The third-order valence-electron chi connectivity index (χ3n) is 5.00. The molecule has 1 aliphatic heterocycles. The Hall–Kier alpha value is -3.84. The van der Waals surface area contributed by atoms with Crippen molar-refractivity contribution in [3.05, 3.63) is 34.3 Å². The van der Waals surface area contributed by atoms with Crippen molar-refractivity contribution in [2.45, 2.75) is 38.6 Å². The maximum atomic E-state index is 12.6. The van der Waals surface area contributed by atoms with Gasteiger partial charge in [0.1, 0.15) is 17.5 Å². The molecule has 41 heavy (non-hydrogen) atoms. The van der Waals surface area contributed by atoms with Crippen LogP contribution in [0.2, 0.25) is 0 Å². The van der Waals surface area contributed by atoms with Gasteiger partial charge in [-0.25, -0.2) is 14.6 Å². The number of hydrogen-bond donors (Lipinski definition) is 1. The van der Waals surface area contributed by atoms with Crippen LogP contribution in [-0.4, -0.2) is 111 Å². The van der Waals surface area contributed by atoms with Crippen LogP contribution >= 0.6 is 0 Å². The first-order valence-corrected chi connectivity index (χ1v) is 12.4. The summed E-state index contributed by atoms with van der Waals surface area (Å²) in [5, 5.41) is 19.5. The van der Waals surface area contributed by atoms with Crippen molar-refractivity contribution >= 4 is 17.9 Å². The van der Waals surface area contributed by atoms with Crippen molar-refractivity contribution in [3.63, 3.8) is 0 Å². The lowest BCUT2D eigenvalue weighted by Crippen LogP contribution is -2.57. The number of nitrogens with zero attached hydrogens (tertiary/aromatic N) is 7. The Morgan fingerprint density at radius 3 is 2.27 bits per heavy atom. The van der Waals surface area contributed by atoms with Crippen molar-refractivity contribution in [1.82, 2.24) is 9.88 Å². The number of ether oxygens (including phenoxy) is 4. The molecule has 1 amide bonds. The van der Waals surface area contributed by atoms with E-state index in [1.807, 2.05) is 20.8 Å². The molecule has 0 saturated carbocycles. The first kappa shape index (κ1) is 35.2. The molecule has 228 valence electrons. The number of piperazine rings is 1. The van der Waals surface area contributed by atoms with E-state index >= 15 is 0 Å². The van der Waals surface area contributed by atoms with Crippen LogP contribution in [0.1, 0.15) is 26.3 Å². The Bertz CT molecular complexity index is 1040. The number of anilines is 1. The predicted molar refractivity (Wildman–Crippen MR) is 138 cm³/mol. The van der Waals surface area contributed by atoms with E-state index in [-0.39, 0.29) is 12.1 Å². The van der Waals surface area contributed by atoms with Gasteiger partial charge in [0.25, 0.3) is 0 Å². The second-order valence-electron chi connectivity index (χ2n) is 9.35. The summed E-state index contributed by atoms with van der Waals surface area (Å²) in [5.41, 5.74) is 8.11. The molecule has 1 aromatic rings. The van der Waals surface area contributed by atoms with E-state index in [9.17, 15) is 18.0 Å². The van der Waals surface area contributed by atoms with Gasteiger partial charge in [0.05, 0.1) is 51.2 Å². The van der Waals surface area contributed by atoms with Crippen LogP contribution in [0.4, 0.5) is 23.8 Å². The van der Waals surface area contributed by atoms with Gasteiger partial charge in [0, 0.05) is 37.3 Å². The predicted octanol–water partition coefficient (Wildman–Crippen LogP) is 3.37. The highest BCUT2D eigenvalue weighted by Crippen LogP contribution is 2.21. The van der Waals surface area contributed by atoms with Crippen LogP contribution in [0.15, 0.2) is 23.4 Å². The topological polar surface area (TPSA) is 183 Å². The average Bonchev–Trinajstić information content (AvgIpc) is 2.90. The zero-order valence-corrected chi connectivity index (χ0v) is 23.0. The van der Waals surface area contributed by atoms with Gasteiger partial charge in [-0.05, 0) is 38.4 Å². The molecule has 1 fully saturated rings. The number of azide groups is 1. The Morgan fingerprint density at radius 2 is 1.76 bits per heavy atom. The van der Waals surface area contributed by atoms with Crippen molar-refractivity contribution < 1.29 is 46.8 Å². The standard InChI is InChI=1S/C22H33N7O5.C2HF3O2/c1-22(2,3)34-21(30)28-7-8-29(20-5-4-18(14-23)15-25-20)19(16-28)17-33-13-12-32-11-10-31-9-6-26-27-24;3-2(4,5)1(6)7/h4-5,15,19H,6-13,16-17H2,1-3H3;(H,6,7). The number of carbonyl (C=O) groups excluding carboxylic acids is 1.